The van der Waals surface area contributed by atoms with Gasteiger partial charge in [0.25, 0.3) is 5.91 Å². The molecule has 0 heterocycles. The molecule has 24 heavy (non-hydrogen) atoms. The molecule has 0 saturated carbocycles. The van der Waals surface area contributed by atoms with Gasteiger partial charge in [0.15, 0.2) is 0 Å². The summed E-state index contributed by atoms with van der Waals surface area (Å²) in [4.78, 5) is 13.1. The average Bonchev–Trinajstić information content (AvgIpc) is 2.61. The van der Waals surface area contributed by atoms with E-state index in [-0.39, 0.29) is 11.2 Å². The number of thioether (sulfide) groups is 1. The monoisotopic (exact) mass is 340 g/mol. The summed E-state index contributed by atoms with van der Waals surface area (Å²) >= 11 is 1.49. The van der Waals surface area contributed by atoms with E-state index in [0.717, 1.165) is 16.2 Å². The van der Waals surface area contributed by atoms with Crippen LogP contribution in [0.3, 0.4) is 0 Å². The van der Waals surface area contributed by atoms with Gasteiger partial charge in [0.2, 0.25) is 0 Å². The van der Waals surface area contributed by atoms with E-state index < -0.39 is 0 Å². The number of ether oxygens (including phenoxy) is 1. The number of carbonyl (C=O) groups excluding carboxylic acids is 1. The molecule has 2 aromatic rings. The number of hydrogen-bond acceptors (Lipinski definition) is 4. The Morgan fingerprint density at radius 2 is 2.08 bits per heavy atom. The third kappa shape index (κ3) is 5.93. The van der Waals surface area contributed by atoms with Crippen molar-refractivity contribution in [2.45, 2.75) is 17.1 Å². The minimum Gasteiger partial charge on any atom is -0.490 e. The number of hydrazone groups is 1. The lowest BCUT2D eigenvalue weighted by molar-refractivity contribution is -0.120. The SMILES string of the molecule is C=CCOc1cccc(/C=N\NC(=O)[C@@H](C)Sc2ccccc2)c1. The topological polar surface area (TPSA) is 50.7 Å². The Kier molecular flexibility index (Phi) is 7.11. The maximum atomic E-state index is 12.1. The minimum absolute atomic E-state index is 0.140. The summed E-state index contributed by atoms with van der Waals surface area (Å²) in [6.07, 6.45) is 3.28. The molecule has 0 spiro atoms. The van der Waals surface area contributed by atoms with Crippen LogP contribution in [0, 0.1) is 0 Å². The first-order valence-corrected chi connectivity index (χ1v) is 8.45. The molecule has 0 fully saturated rings. The first-order valence-electron chi connectivity index (χ1n) is 7.57. The molecule has 1 amide bonds. The van der Waals surface area contributed by atoms with Crippen LogP contribution < -0.4 is 10.2 Å². The second-order valence-electron chi connectivity index (χ2n) is 4.98. The van der Waals surface area contributed by atoms with Crippen LogP contribution in [0.4, 0.5) is 0 Å². The Labute approximate surface area is 146 Å². The van der Waals surface area contributed by atoms with Crippen molar-refractivity contribution >= 4 is 23.9 Å². The number of nitrogens with one attached hydrogen (secondary N) is 1. The van der Waals surface area contributed by atoms with Gasteiger partial charge >= 0.3 is 0 Å². The highest BCUT2D eigenvalue weighted by atomic mass is 32.2. The van der Waals surface area contributed by atoms with Crippen LogP contribution >= 0.6 is 11.8 Å². The van der Waals surface area contributed by atoms with Gasteiger partial charge in [-0.1, -0.05) is 43.0 Å². The molecular weight excluding hydrogens is 320 g/mol. The van der Waals surface area contributed by atoms with Crippen LogP contribution in [-0.2, 0) is 4.79 Å². The first kappa shape index (κ1) is 17.8. The van der Waals surface area contributed by atoms with Crippen molar-refractivity contribution in [1.82, 2.24) is 5.43 Å². The van der Waals surface area contributed by atoms with Crippen molar-refractivity contribution in [1.29, 1.82) is 0 Å². The predicted octanol–water partition coefficient (Wildman–Crippen LogP) is 3.88. The molecule has 2 rings (SSSR count). The smallest absolute Gasteiger partial charge is 0.253 e. The van der Waals surface area contributed by atoms with E-state index in [1.165, 1.54) is 11.8 Å². The summed E-state index contributed by atoms with van der Waals surface area (Å²) in [5.41, 5.74) is 3.41. The van der Waals surface area contributed by atoms with Gasteiger partial charge in [0.05, 0.1) is 11.5 Å². The number of hydrogen-bond donors (Lipinski definition) is 1. The minimum atomic E-state index is -0.230. The molecule has 1 atom stereocenters. The lowest BCUT2D eigenvalue weighted by Gasteiger charge is -2.09. The number of carbonyl (C=O) groups is 1. The molecule has 1 N–H and O–H groups in total. The molecule has 2 aromatic carbocycles. The Morgan fingerprint density at radius 1 is 1.29 bits per heavy atom. The normalized spacial score (nSPS) is 11.9. The summed E-state index contributed by atoms with van der Waals surface area (Å²) in [5.74, 6) is 0.595. The van der Waals surface area contributed by atoms with Crippen molar-refractivity contribution in [2.75, 3.05) is 6.61 Å². The fourth-order valence-corrected chi connectivity index (χ4v) is 2.74. The van der Waals surface area contributed by atoms with Crippen LogP contribution in [-0.4, -0.2) is 24.0 Å². The molecule has 0 aliphatic carbocycles. The average molecular weight is 340 g/mol. The van der Waals surface area contributed by atoms with Crippen LogP contribution in [0.15, 0.2) is 77.2 Å². The second-order valence-corrected chi connectivity index (χ2v) is 6.39. The Balaban J connectivity index is 1.86. The standard InChI is InChI=1S/C19H20N2O2S/c1-3-12-23-17-9-7-8-16(13-17)14-20-21-19(22)15(2)24-18-10-5-4-6-11-18/h3-11,13-15H,1,12H2,2H3,(H,21,22)/b20-14-/t15-/m1/s1. The van der Waals surface area contributed by atoms with Crippen molar-refractivity contribution in [2.24, 2.45) is 5.10 Å². The van der Waals surface area contributed by atoms with Crippen LogP contribution in [0.5, 0.6) is 5.75 Å². The zero-order chi connectivity index (χ0) is 17.2. The highest BCUT2D eigenvalue weighted by Gasteiger charge is 2.13. The fourth-order valence-electron chi connectivity index (χ4n) is 1.86. The molecule has 0 aliphatic heterocycles. The molecule has 0 bridgehead atoms. The van der Waals surface area contributed by atoms with Gasteiger partial charge in [0.1, 0.15) is 12.4 Å². The molecule has 0 radical (unpaired) electrons. The van der Waals surface area contributed by atoms with E-state index in [1.807, 2.05) is 61.5 Å². The molecule has 0 unspecified atom stereocenters. The van der Waals surface area contributed by atoms with E-state index in [4.69, 9.17) is 4.74 Å². The number of nitrogens with zero attached hydrogens (tertiary/aromatic N) is 1. The molecule has 124 valence electrons. The van der Waals surface area contributed by atoms with Gasteiger partial charge < -0.3 is 4.74 Å². The highest BCUT2D eigenvalue weighted by Crippen LogP contribution is 2.22. The van der Waals surface area contributed by atoms with Crippen molar-refractivity contribution in [3.05, 3.63) is 72.8 Å². The maximum absolute atomic E-state index is 12.1. The number of amides is 1. The summed E-state index contributed by atoms with van der Waals surface area (Å²) in [6, 6.07) is 17.3. The molecule has 0 saturated heterocycles. The zero-order valence-electron chi connectivity index (χ0n) is 13.5. The van der Waals surface area contributed by atoms with E-state index in [2.05, 4.69) is 17.1 Å². The second kappa shape index (κ2) is 9.57. The molecule has 0 aliphatic rings. The summed E-state index contributed by atoms with van der Waals surface area (Å²) < 4.78 is 5.46. The summed E-state index contributed by atoms with van der Waals surface area (Å²) in [7, 11) is 0. The Hall–Kier alpha value is -2.53. The van der Waals surface area contributed by atoms with Crippen molar-refractivity contribution in [3.63, 3.8) is 0 Å². The lowest BCUT2D eigenvalue weighted by atomic mass is 10.2. The van der Waals surface area contributed by atoms with Gasteiger partial charge in [0, 0.05) is 4.90 Å². The summed E-state index contributed by atoms with van der Waals surface area (Å²) in [6.45, 7) is 5.92. The van der Waals surface area contributed by atoms with E-state index in [9.17, 15) is 4.79 Å². The van der Waals surface area contributed by atoms with Crippen LogP contribution in [0.2, 0.25) is 0 Å². The van der Waals surface area contributed by atoms with Crippen molar-refractivity contribution in [3.8, 4) is 5.75 Å². The lowest BCUT2D eigenvalue weighted by Crippen LogP contribution is -2.26. The van der Waals surface area contributed by atoms with Gasteiger partial charge in [-0.25, -0.2) is 5.43 Å². The van der Waals surface area contributed by atoms with E-state index in [1.54, 1.807) is 12.3 Å². The van der Waals surface area contributed by atoms with Crippen LogP contribution in [0.1, 0.15) is 12.5 Å². The van der Waals surface area contributed by atoms with Crippen molar-refractivity contribution < 1.29 is 9.53 Å². The molecule has 4 nitrogen and oxygen atoms in total. The maximum Gasteiger partial charge on any atom is 0.253 e. The van der Waals surface area contributed by atoms with Gasteiger partial charge in [-0.3, -0.25) is 4.79 Å². The Bertz CT molecular complexity index is 702. The van der Waals surface area contributed by atoms with Gasteiger partial charge in [-0.05, 0) is 36.8 Å². The van der Waals surface area contributed by atoms with E-state index in [0.29, 0.717) is 6.61 Å². The number of benzene rings is 2. The quantitative estimate of drug-likeness (QED) is 0.343. The molecule has 0 aromatic heterocycles. The molecular formula is C19H20N2O2S. The molecule has 5 heteroatoms. The third-order valence-electron chi connectivity index (χ3n) is 3.04. The highest BCUT2D eigenvalue weighted by molar-refractivity contribution is 8.00. The third-order valence-corrected chi connectivity index (χ3v) is 4.15. The van der Waals surface area contributed by atoms with Crippen LogP contribution in [0.25, 0.3) is 0 Å². The first-order chi connectivity index (χ1) is 11.7. The fraction of sp³-hybridized carbons (Fsp3) is 0.158. The van der Waals surface area contributed by atoms with E-state index >= 15 is 0 Å². The Morgan fingerprint density at radius 3 is 2.83 bits per heavy atom. The largest absolute Gasteiger partial charge is 0.490 e. The summed E-state index contributed by atoms with van der Waals surface area (Å²) in [5, 5.41) is 3.78. The number of rotatable bonds is 8. The predicted molar refractivity (Wildman–Crippen MR) is 99.6 cm³/mol. The van der Waals surface area contributed by atoms with Gasteiger partial charge in [-0.15, -0.1) is 11.8 Å². The van der Waals surface area contributed by atoms with Gasteiger partial charge in [-0.2, -0.15) is 5.10 Å². The zero-order valence-corrected chi connectivity index (χ0v) is 14.3.